The van der Waals surface area contributed by atoms with Crippen molar-refractivity contribution >= 4 is 5.69 Å². The zero-order chi connectivity index (χ0) is 11.4. The highest BCUT2D eigenvalue weighted by Crippen LogP contribution is 2.30. The molecule has 0 saturated heterocycles. The maximum atomic E-state index is 8.68. The molecule has 0 bridgehead atoms. The van der Waals surface area contributed by atoms with Gasteiger partial charge in [-0.1, -0.05) is 0 Å². The smallest absolute Gasteiger partial charge is 0.140 e. The zero-order valence-corrected chi connectivity index (χ0v) is 9.39. The number of nitriles is 1. The van der Waals surface area contributed by atoms with Crippen molar-refractivity contribution in [2.45, 2.75) is 18.9 Å². The fraction of sp³-hybridized carbons (Fsp3) is 0.500. The lowest BCUT2D eigenvalue weighted by molar-refractivity contribution is 0.205. The first-order chi connectivity index (χ1) is 7.85. The van der Waals surface area contributed by atoms with Gasteiger partial charge in [-0.05, 0) is 25.0 Å². The summed E-state index contributed by atoms with van der Waals surface area (Å²) in [6.45, 7) is 1.60. The van der Waals surface area contributed by atoms with Crippen molar-refractivity contribution in [1.82, 2.24) is 4.98 Å². The summed E-state index contributed by atoms with van der Waals surface area (Å²) < 4.78 is 5.10. The molecule has 1 aromatic heterocycles. The fourth-order valence-electron chi connectivity index (χ4n) is 1.72. The number of anilines is 1. The number of hydrogen-bond acceptors (Lipinski definition) is 4. The molecule has 1 saturated carbocycles. The van der Waals surface area contributed by atoms with Crippen LogP contribution < -0.4 is 4.90 Å². The van der Waals surface area contributed by atoms with Gasteiger partial charge in [-0.3, -0.25) is 0 Å². The average Bonchev–Trinajstić information content (AvgIpc) is 3.15. The van der Waals surface area contributed by atoms with Crippen LogP contribution in [0.25, 0.3) is 0 Å². The molecule has 0 unspecified atom stereocenters. The Bertz CT molecular complexity index is 378. The van der Waals surface area contributed by atoms with Crippen LogP contribution in [-0.2, 0) is 4.74 Å². The number of aromatic nitrogens is 1. The lowest BCUT2D eigenvalue weighted by atomic mass is 10.3. The van der Waals surface area contributed by atoms with E-state index in [1.54, 1.807) is 19.4 Å². The van der Waals surface area contributed by atoms with Crippen molar-refractivity contribution in [3.63, 3.8) is 0 Å². The van der Waals surface area contributed by atoms with Gasteiger partial charge in [0, 0.05) is 19.7 Å². The minimum Gasteiger partial charge on any atom is -0.383 e. The SMILES string of the molecule is COCCN(c1ccc(C#N)nc1)C1CC1. The van der Waals surface area contributed by atoms with Crippen LogP contribution in [0, 0.1) is 11.3 Å². The lowest BCUT2D eigenvalue weighted by Crippen LogP contribution is -2.29. The first-order valence-electron chi connectivity index (χ1n) is 5.47. The van der Waals surface area contributed by atoms with Gasteiger partial charge in [0.25, 0.3) is 0 Å². The molecule has 84 valence electrons. The largest absolute Gasteiger partial charge is 0.383 e. The Morgan fingerprint density at radius 1 is 1.56 bits per heavy atom. The summed E-state index contributed by atoms with van der Waals surface area (Å²) in [4.78, 5) is 6.40. The molecule has 2 rings (SSSR count). The van der Waals surface area contributed by atoms with Crippen LogP contribution in [0.15, 0.2) is 18.3 Å². The topological polar surface area (TPSA) is 49.1 Å². The van der Waals surface area contributed by atoms with Gasteiger partial charge in [0.1, 0.15) is 11.8 Å². The minimum atomic E-state index is 0.464. The quantitative estimate of drug-likeness (QED) is 0.751. The van der Waals surface area contributed by atoms with E-state index in [1.165, 1.54) is 12.8 Å². The fourth-order valence-corrected chi connectivity index (χ4v) is 1.72. The van der Waals surface area contributed by atoms with Crippen molar-refractivity contribution in [3.8, 4) is 6.07 Å². The van der Waals surface area contributed by atoms with Crippen LogP contribution >= 0.6 is 0 Å². The first kappa shape index (κ1) is 10.9. The Labute approximate surface area is 95.5 Å². The van der Waals surface area contributed by atoms with E-state index in [-0.39, 0.29) is 0 Å². The number of ether oxygens (including phenoxy) is 1. The Balaban J connectivity index is 2.08. The summed E-state index contributed by atoms with van der Waals surface area (Å²) in [5.41, 5.74) is 1.55. The lowest BCUT2D eigenvalue weighted by Gasteiger charge is -2.23. The molecule has 0 radical (unpaired) electrons. The van der Waals surface area contributed by atoms with Crippen molar-refractivity contribution in [1.29, 1.82) is 5.26 Å². The monoisotopic (exact) mass is 217 g/mol. The Hall–Kier alpha value is -1.60. The number of pyridine rings is 1. The second-order valence-corrected chi connectivity index (χ2v) is 3.93. The van der Waals surface area contributed by atoms with E-state index >= 15 is 0 Å². The van der Waals surface area contributed by atoms with Crippen LogP contribution in [0.1, 0.15) is 18.5 Å². The number of rotatable bonds is 5. The van der Waals surface area contributed by atoms with Gasteiger partial charge in [0.15, 0.2) is 0 Å². The minimum absolute atomic E-state index is 0.464. The van der Waals surface area contributed by atoms with Crippen LogP contribution in [-0.4, -0.2) is 31.3 Å². The molecule has 0 aliphatic heterocycles. The Morgan fingerprint density at radius 2 is 2.38 bits per heavy atom. The Morgan fingerprint density at radius 3 is 2.88 bits per heavy atom. The number of nitrogens with zero attached hydrogens (tertiary/aromatic N) is 3. The van der Waals surface area contributed by atoms with Gasteiger partial charge in [-0.2, -0.15) is 5.26 Å². The molecule has 0 atom stereocenters. The van der Waals surface area contributed by atoms with E-state index < -0.39 is 0 Å². The van der Waals surface area contributed by atoms with Gasteiger partial charge >= 0.3 is 0 Å². The van der Waals surface area contributed by atoms with Gasteiger partial charge < -0.3 is 9.64 Å². The van der Waals surface area contributed by atoms with E-state index in [0.717, 1.165) is 18.8 Å². The molecule has 1 aliphatic rings. The molecule has 16 heavy (non-hydrogen) atoms. The third-order valence-electron chi connectivity index (χ3n) is 2.72. The van der Waals surface area contributed by atoms with Crippen LogP contribution in [0.2, 0.25) is 0 Å². The maximum absolute atomic E-state index is 8.68. The molecule has 1 aliphatic carbocycles. The van der Waals surface area contributed by atoms with Crippen LogP contribution in [0.4, 0.5) is 5.69 Å². The standard InChI is InChI=1S/C12H15N3O/c1-16-7-6-15(11-4-5-11)12-3-2-10(8-13)14-9-12/h2-3,9,11H,4-7H2,1H3. The third-order valence-corrected chi connectivity index (χ3v) is 2.72. The van der Waals surface area contributed by atoms with Crippen LogP contribution in [0.5, 0.6) is 0 Å². The molecule has 1 fully saturated rings. The highest BCUT2D eigenvalue weighted by molar-refractivity contribution is 5.48. The van der Waals surface area contributed by atoms with E-state index in [2.05, 4.69) is 9.88 Å². The van der Waals surface area contributed by atoms with E-state index in [9.17, 15) is 0 Å². The number of hydrogen-bond donors (Lipinski definition) is 0. The summed E-state index contributed by atoms with van der Waals surface area (Å²) in [5, 5.41) is 8.68. The molecule has 0 aromatic carbocycles. The van der Waals surface area contributed by atoms with Crippen molar-refractivity contribution < 1.29 is 4.74 Å². The van der Waals surface area contributed by atoms with Crippen molar-refractivity contribution in [2.75, 3.05) is 25.2 Å². The third kappa shape index (κ3) is 2.50. The molecule has 0 amide bonds. The van der Waals surface area contributed by atoms with Crippen molar-refractivity contribution in [3.05, 3.63) is 24.0 Å². The predicted molar refractivity (Wildman–Crippen MR) is 61.2 cm³/mol. The highest BCUT2D eigenvalue weighted by atomic mass is 16.5. The summed E-state index contributed by atoms with van der Waals surface area (Å²) in [6, 6.07) is 6.38. The molecular weight excluding hydrogens is 202 g/mol. The summed E-state index contributed by atoms with van der Waals surface area (Å²) in [6.07, 6.45) is 4.25. The zero-order valence-electron chi connectivity index (χ0n) is 9.39. The molecule has 0 N–H and O–H groups in total. The average molecular weight is 217 g/mol. The maximum Gasteiger partial charge on any atom is 0.140 e. The van der Waals surface area contributed by atoms with Gasteiger partial charge in [0.2, 0.25) is 0 Å². The second-order valence-electron chi connectivity index (χ2n) is 3.93. The summed E-state index contributed by atoms with van der Waals surface area (Å²) in [7, 11) is 1.71. The summed E-state index contributed by atoms with van der Waals surface area (Å²) >= 11 is 0. The molecule has 1 aromatic rings. The van der Waals surface area contributed by atoms with E-state index in [0.29, 0.717) is 11.7 Å². The first-order valence-corrected chi connectivity index (χ1v) is 5.47. The molecule has 4 nitrogen and oxygen atoms in total. The van der Waals surface area contributed by atoms with Gasteiger partial charge in [0.05, 0.1) is 18.5 Å². The molecule has 4 heteroatoms. The van der Waals surface area contributed by atoms with Crippen molar-refractivity contribution in [2.24, 2.45) is 0 Å². The Kier molecular flexibility index (Phi) is 3.37. The molecule has 1 heterocycles. The van der Waals surface area contributed by atoms with Gasteiger partial charge in [-0.15, -0.1) is 0 Å². The highest BCUT2D eigenvalue weighted by Gasteiger charge is 2.29. The van der Waals surface area contributed by atoms with E-state index in [1.807, 2.05) is 12.1 Å². The predicted octanol–water partition coefficient (Wildman–Crippen LogP) is 1.57. The molecule has 0 spiro atoms. The second kappa shape index (κ2) is 4.95. The summed E-state index contributed by atoms with van der Waals surface area (Å²) in [5.74, 6) is 0. The van der Waals surface area contributed by atoms with Crippen LogP contribution in [0.3, 0.4) is 0 Å². The number of methoxy groups -OCH3 is 1. The normalized spacial score (nSPS) is 14.5. The molecular formula is C12H15N3O. The van der Waals surface area contributed by atoms with E-state index in [4.69, 9.17) is 10.00 Å². The van der Waals surface area contributed by atoms with Gasteiger partial charge in [-0.25, -0.2) is 4.98 Å².